The Morgan fingerprint density at radius 2 is 2.12 bits per heavy atom. The third-order valence-electron chi connectivity index (χ3n) is 4.58. The van der Waals surface area contributed by atoms with Gasteiger partial charge < -0.3 is 15.2 Å². The van der Waals surface area contributed by atoms with Crippen molar-refractivity contribution < 1.29 is 19.1 Å². The predicted molar refractivity (Wildman–Crippen MR) is 90.1 cm³/mol. The van der Waals surface area contributed by atoms with Gasteiger partial charge in [0.15, 0.2) is 5.54 Å². The van der Waals surface area contributed by atoms with Crippen molar-refractivity contribution in [3.8, 4) is 0 Å². The highest BCUT2D eigenvalue weighted by Gasteiger charge is 2.56. The fourth-order valence-corrected chi connectivity index (χ4v) is 3.32. The van der Waals surface area contributed by atoms with Crippen LogP contribution in [-0.2, 0) is 20.9 Å². The number of esters is 1. The van der Waals surface area contributed by atoms with E-state index in [1.807, 2.05) is 30.3 Å². The summed E-state index contributed by atoms with van der Waals surface area (Å²) in [4.78, 5) is 26.4. The number of carbonyl (C=O) groups is 2. The highest BCUT2D eigenvalue weighted by Crippen LogP contribution is 2.38. The number of hydrogen-bond acceptors (Lipinski definition) is 5. The number of carbonyl (C=O) groups excluding carboxylic acids is 2. The van der Waals surface area contributed by atoms with Crippen LogP contribution in [-0.4, -0.2) is 42.7 Å². The van der Waals surface area contributed by atoms with Gasteiger partial charge in [-0.25, -0.2) is 9.59 Å². The molecule has 24 heavy (non-hydrogen) atoms. The molecule has 1 fully saturated rings. The number of likely N-dealkylation sites (tertiary alicyclic amines) is 1. The first-order valence-corrected chi connectivity index (χ1v) is 7.97. The lowest BCUT2D eigenvalue weighted by Crippen LogP contribution is -2.61. The van der Waals surface area contributed by atoms with Crippen molar-refractivity contribution >= 4 is 12.1 Å². The number of allylic oxidation sites excluding steroid dienone is 1. The van der Waals surface area contributed by atoms with E-state index in [2.05, 4.69) is 6.58 Å². The summed E-state index contributed by atoms with van der Waals surface area (Å²) in [7, 11) is 1.30. The van der Waals surface area contributed by atoms with Crippen molar-refractivity contribution in [1.82, 2.24) is 4.90 Å². The quantitative estimate of drug-likeness (QED) is 0.637. The molecule has 1 amide bonds. The van der Waals surface area contributed by atoms with E-state index in [1.165, 1.54) is 12.0 Å². The summed E-state index contributed by atoms with van der Waals surface area (Å²) in [6.45, 7) is 4.26. The Kier molecular flexibility index (Phi) is 5.98. The SMILES string of the molecule is C=CC[C@@H]1CCN(C(=O)OCc2ccccc2)[C@]1(CN)C(=O)OC. The summed E-state index contributed by atoms with van der Waals surface area (Å²) in [6.07, 6.45) is 2.41. The second kappa shape index (κ2) is 7.97. The van der Waals surface area contributed by atoms with Crippen LogP contribution in [0.5, 0.6) is 0 Å². The zero-order chi connectivity index (χ0) is 17.6. The summed E-state index contributed by atoms with van der Waals surface area (Å²) in [6, 6.07) is 9.38. The number of methoxy groups -OCH3 is 1. The minimum Gasteiger partial charge on any atom is -0.467 e. The second-order valence-corrected chi connectivity index (χ2v) is 5.82. The molecule has 0 unspecified atom stereocenters. The monoisotopic (exact) mass is 332 g/mol. The Bertz CT molecular complexity index is 590. The molecular weight excluding hydrogens is 308 g/mol. The molecular formula is C18H24N2O4. The van der Waals surface area contributed by atoms with Crippen molar-refractivity contribution in [2.24, 2.45) is 11.7 Å². The topological polar surface area (TPSA) is 81.9 Å². The average Bonchev–Trinajstić information content (AvgIpc) is 2.99. The fraction of sp³-hybridized carbons (Fsp3) is 0.444. The van der Waals surface area contributed by atoms with Gasteiger partial charge in [-0.1, -0.05) is 36.4 Å². The summed E-state index contributed by atoms with van der Waals surface area (Å²) in [5, 5.41) is 0. The van der Waals surface area contributed by atoms with Gasteiger partial charge in [0, 0.05) is 13.1 Å². The molecule has 1 saturated heterocycles. The lowest BCUT2D eigenvalue weighted by atomic mass is 9.82. The molecule has 0 radical (unpaired) electrons. The number of rotatable bonds is 6. The van der Waals surface area contributed by atoms with Crippen molar-refractivity contribution in [3.63, 3.8) is 0 Å². The number of nitrogens with zero attached hydrogens (tertiary/aromatic N) is 1. The van der Waals surface area contributed by atoms with E-state index >= 15 is 0 Å². The largest absolute Gasteiger partial charge is 0.467 e. The molecule has 2 rings (SSSR count). The van der Waals surface area contributed by atoms with Gasteiger partial charge in [0.2, 0.25) is 0 Å². The zero-order valence-electron chi connectivity index (χ0n) is 13.9. The minimum atomic E-state index is -1.20. The van der Waals surface area contributed by atoms with Crippen LogP contribution in [0.1, 0.15) is 18.4 Å². The van der Waals surface area contributed by atoms with Crippen LogP contribution in [0.2, 0.25) is 0 Å². The van der Waals surface area contributed by atoms with Crippen molar-refractivity contribution in [2.45, 2.75) is 25.0 Å². The third kappa shape index (κ3) is 3.28. The molecule has 0 spiro atoms. The Hall–Kier alpha value is -2.34. The van der Waals surface area contributed by atoms with Gasteiger partial charge >= 0.3 is 12.1 Å². The van der Waals surface area contributed by atoms with Crippen LogP contribution < -0.4 is 5.73 Å². The van der Waals surface area contributed by atoms with Gasteiger partial charge in [0.1, 0.15) is 6.61 Å². The third-order valence-corrected chi connectivity index (χ3v) is 4.58. The van der Waals surface area contributed by atoms with Crippen molar-refractivity contribution in [1.29, 1.82) is 0 Å². The maximum Gasteiger partial charge on any atom is 0.411 e. The van der Waals surface area contributed by atoms with Crippen LogP contribution in [0.15, 0.2) is 43.0 Å². The van der Waals surface area contributed by atoms with Gasteiger partial charge in [-0.2, -0.15) is 0 Å². The first-order valence-electron chi connectivity index (χ1n) is 7.97. The van der Waals surface area contributed by atoms with Crippen LogP contribution in [0.25, 0.3) is 0 Å². The minimum absolute atomic E-state index is 0.0153. The number of amides is 1. The smallest absolute Gasteiger partial charge is 0.411 e. The number of hydrogen-bond donors (Lipinski definition) is 1. The first-order chi connectivity index (χ1) is 11.6. The molecule has 6 heteroatoms. The number of benzene rings is 1. The molecule has 2 N–H and O–H groups in total. The molecule has 2 atom stereocenters. The van der Waals surface area contributed by atoms with E-state index in [0.717, 1.165) is 5.56 Å². The molecule has 1 aliphatic heterocycles. The second-order valence-electron chi connectivity index (χ2n) is 5.82. The lowest BCUT2D eigenvalue weighted by molar-refractivity contribution is -0.154. The molecule has 130 valence electrons. The normalized spacial score (nSPS) is 22.9. The number of nitrogens with two attached hydrogens (primary N) is 1. The summed E-state index contributed by atoms with van der Waals surface area (Å²) in [5.41, 5.74) is 5.60. The molecule has 0 bridgehead atoms. The van der Waals surface area contributed by atoms with Gasteiger partial charge in [-0.15, -0.1) is 6.58 Å². The maximum atomic E-state index is 12.6. The Morgan fingerprint density at radius 1 is 1.42 bits per heavy atom. The summed E-state index contributed by atoms with van der Waals surface area (Å²) in [5.74, 6) is -0.636. The predicted octanol–water partition coefficient (Wildman–Crippen LogP) is 2.09. The summed E-state index contributed by atoms with van der Waals surface area (Å²) < 4.78 is 10.3. The van der Waals surface area contributed by atoms with Crippen molar-refractivity contribution in [3.05, 3.63) is 48.6 Å². The van der Waals surface area contributed by atoms with Gasteiger partial charge in [-0.3, -0.25) is 4.90 Å². The van der Waals surface area contributed by atoms with Crippen LogP contribution in [0, 0.1) is 5.92 Å². The average molecular weight is 332 g/mol. The van der Waals surface area contributed by atoms with E-state index < -0.39 is 17.6 Å². The van der Waals surface area contributed by atoms with E-state index in [1.54, 1.807) is 6.08 Å². The molecule has 1 heterocycles. The number of ether oxygens (including phenoxy) is 2. The van der Waals surface area contributed by atoms with Crippen LogP contribution in [0.3, 0.4) is 0 Å². The Labute approximate surface area is 142 Å². The van der Waals surface area contributed by atoms with Gasteiger partial charge in [0.05, 0.1) is 7.11 Å². The van der Waals surface area contributed by atoms with E-state index in [-0.39, 0.29) is 19.1 Å². The van der Waals surface area contributed by atoms with Gasteiger partial charge in [-0.05, 0) is 24.3 Å². The van der Waals surface area contributed by atoms with Crippen molar-refractivity contribution in [2.75, 3.05) is 20.2 Å². The Balaban J connectivity index is 2.18. The molecule has 1 aromatic rings. The van der Waals surface area contributed by atoms with E-state index in [0.29, 0.717) is 19.4 Å². The fourth-order valence-electron chi connectivity index (χ4n) is 3.32. The molecule has 1 aliphatic rings. The first kappa shape index (κ1) is 18.0. The highest BCUT2D eigenvalue weighted by molar-refractivity contribution is 5.87. The van der Waals surface area contributed by atoms with Crippen LogP contribution >= 0.6 is 0 Å². The summed E-state index contributed by atoms with van der Waals surface area (Å²) >= 11 is 0. The molecule has 0 aliphatic carbocycles. The zero-order valence-corrected chi connectivity index (χ0v) is 13.9. The van der Waals surface area contributed by atoms with Gasteiger partial charge in [0.25, 0.3) is 0 Å². The molecule has 1 aromatic carbocycles. The maximum absolute atomic E-state index is 12.6. The Morgan fingerprint density at radius 3 is 2.71 bits per heavy atom. The van der Waals surface area contributed by atoms with E-state index in [4.69, 9.17) is 15.2 Å². The highest BCUT2D eigenvalue weighted by atomic mass is 16.6. The lowest BCUT2D eigenvalue weighted by Gasteiger charge is -2.37. The van der Waals surface area contributed by atoms with E-state index in [9.17, 15) is 9.59 Å². The molecule has 6 nitrogen and oxygen atoms in total. The molecule has 0 aromatic heterocycles. The van der Waals surface area contributed by atoms with Crippen LogP contribution in [0.4, 0.5) is 4.79 Å². The molecule has 0 saturated carbocycles. The standard InChI is InChI=1S/C18H24N2O4/c1-3-7-15-10-11-20(18(15,13-19)16(21)23-2)17(22)24-12-14-8-5-4-6-9-14/h3-6,8-9,15H,1,7,10-13,19H2,2H3/t15-,18+/m1/s1.